The van der Waals surface area contributed by atoms with E-state index in [0.717, 1.165) is 5.56 Å². The molecule has 0 spiro atoms. The molecule has 0 amide bonds. The number of benzene rings is 1. The first kappa shape index (κ1) is 3.94. The molecule has 0 radical (unpaired) electrons. The van der Waals surface area contributed by atoms with E-state index in [9.17, 15) is 0 Å². The number of hydrogen-bond acceptors (Lipinski definition) is 1. The van der Waals surface area contributed by atoms with Crippen LogP contribution in [0.5, 0.6) is 0 Å². The van der Waals surface area contributed by atoms with Gasteiger partial charge in [0, 0.05) is 5.69 Å². The maximum atomic E-state index is 7.48. The van der Waals surface area contributed by atoms with Gasteiger partial charge in [-0.15, -0.1) is 0 Å². The maximum absolute atomic E-state index is 7.48. The van der Waals surface area contributed by atoms with Gasteiger partial charge in [-0.1, -0.05) is 12.1 Å². The van der Waals surface area contributed by atoms with Crippen LogP contribution >= 0.6 is 0 Å². The van der Waals surface area contributed by atoms with Crippen molar-refractivity contribution in [3.63, 3.8) is 0 Å². The molecule has 1 heteroatoms. The number of nitrogen functional groups attached to an aromatic ring is 1. The lowest BCUT2D eigenvalue weighted by atomic mass is 10.1. The summed E-state index contributed by atoms with van der Waals surface area (Å²) in [7, 11) is 0. The van der Waals surface area contributed by atoms with E-state index in [2.05, 4.69) is 0 Å². The lowest BCUT2D eigenvalue weighted by molar-refractivity contribution is 1.40. The molecule has 0 aliphatic rings. The van der Waals surface area contributed by atoms with Crippen molar-refractivity contribution >= 4 is 5.69 Å². The van der Waals surface area contributed by atoms with Crippen LogP contribution in [0.15, 0.2) is 18.2 Å². The van der Waals surface area contributed by atoms with Crippen molar-refractivity contribution in [3.8, 4) is 0 Å². The van der Waals surface area contributed by atoms with E-state index in [-0.39, 0.29) is 6.04 Å². The fourth-order valence-corrected chi connectivity index (χ4v) is 0.631. The minimum Gasteiger partial charge on any atom is -0.399 e. The van der Waals surface area contributed by atoms with Gasteiger partial charge in [0.2, 0.25) is 0 Å². The van der Waals surface area contributed by atoms with Crippen molar-refractivity contribution in [1.29, 1.82) is 0 Å². The predicted molar refractivity (Wildman–Crippen MR) is 40.3 cm³/mol. The monoisotopic (exact) mass is 123 g/mol. The Morgan fingerprint density at radius 3 is 2.89 bits per heavy atom. The summed E-state index contributed by atoms with van der Waals surface area (Å²) in [4.78, 5) is 0. The van der Waals surface area contributed by atoms with Gasteiger partial charge in [0.05, 0.1) is 2.74 Å². The van der Waals surface area contributed by atoms with Gasteiger partial charge in [-0.2, -0.15) is 0 Å². The summed E-state index contributed by atoms with van der Waals surface area (Å²) in [5.41, 5.74) is 7.52. The van der Waals surface area contributed by atoms with E-state index in [1.807, 2.05) is 6.92 Å². The zero-order chi connectivity index (χ0) is 8.59. The van der Waals surface area contributed by atoms with Crippen LogP contribution in [-0.4, -0.2) is 0 Å². The highest BCUT2D eigenvalue weighted by molar-refractivity contribution is 5.47. The highest BCUT2D eigenvalue weighted by atomic mass is 14.5. The Balaban J connectivity index is 3.46. The summed E-state index contributed by atoms with van der Waals surface area (Å²) >= 11 is 0. The highest BCUT2D eigenvalue weighted by Gasteiger charge is 1.89. The van der Waals surface area contributed by atoms with Gasteiger partial charge >= 0.3 is 0 Å². The zero-order valence-electron chi connectivity index (χ0n) is 7.65. The molecule has 0 unspecified atom stereocenters. The molecule has 0 heterocycles. The molecule has 1 nitrogen and oxygen atoms in total. The van der Waals surface area contributed by atoms with Crippen molar-refractivity contribution in [2.75, 3.05) is 5.73 Å². The molecule has 0 bridgehead atoms. The molecule has 0 aliphatic heterocycles. The molecule has 0 aliphatic carbocycles. The maximum Gasteiger partial charge on any atom is 0.0647 e. The van der Waals surface area contributed by atoms with E-state index in [4.69, 9.17) is 8.48 Å². The Labute approximate surface area is 58.3 Å². The van der Waals surface area contributed by atoms with Crippen LogP contribution in [0.4, 0.5) is 5.69 Å². The van der Waals surface area contributed by atoms with Crippen LogP contribution in [0.2, 0.25) is 0 Å². The summed E-state index contributed by atoms with van der Waals surface area (Å²) in [6.45, 7) is 3.55. The third kappa shape index (κ3) is 1.22. The fraction of sp³-hybridized carbons (Fsp3) is 0.250. The quantitative estimate of drug-likeness (QED) is 0.524. The highest BCUT2D eigenvalue weighted by Crippen LogP contribution is 2.10. The average Bonchev–Trinajstić information content (AvgIpc) is 1.97. The van der Waals surface area contributed by atoms with Gasteiger partial charge < -0.3 is 5.73 Å². The second-order valence-electron chi connectivity index (χ2n) is 2.14. The van der Waals surface area contributed by atoms with Crippen molar-refractivity contribution in [2.45, 2.75) is 13.8 Å². The Morgan fingerprint density at radius 2 is 2.22 bits per heavy atom. The molecule has 2 N–H and O–H groups in total. The molecule has 0 atom stereocenters. The lowest BCUT2D eigenvalue weighted by Gasteiger charge is -1.98. The Bertz CT molecular complexity index is 268. The second kappa shape index (κ2) is 2.09. The Morgan fingerprint density at radius 1 is 1.56 bits per heavy atom. The Hall–Kier alpha value is -0.980. The molecular weight excluding hydrogens is 110 g/mol. The summed E-state index contributed by atoms with van der Waals surface area (Å²) in [5, 5.41) is 0. The molecule has 1 aromatic carbocycles. The van der Waals surface area contributed by atoms with E-state index in [0.29, 0.717) is 17.3 Å². The van der Waals surface area contributed by atoms with Gasteiger partial charge in [-0.3, -0.25) is 0 Å². The normalized spacial score (nSPS) is 12.7. The van der Waals surface area contributed by atoms with Crippen molar-refractivity contribution in [1.82, 2.24) is 0 Å². The third-order valence-electron chi connectivity index (χ3n) is 1.25. The van der Waals surface area contributed by atoms with Gasteiger partial charge in [-0.25, -0.2) is 0 Å². The minimum atomic E-state index is 0.287. The number of rotatable bonds is 0. The van der Waals surface area contributed by atoms with E-state index < -0.39 is 0 Å². The van der Waals surface area contributed by atoms with Gasteiger partial charge in [0.25, 0.3) is 0 Å². The van der Waals surface area contributed by atoms with Gasteiger partial charge in [0.15, 0.2) is 0 Å². The van der Waals surface area contributed by atoms with E-state index in [1.165, 1.54) is 0 Å². The first-order chi connectivity index (χ1) is 5.04. The predicted octanol–water partition coefficient (Wildman–Crippen LogP) is 1.89. The minimum absolute atomic E-state index is 0.287. The average molecular weight is 123 g/mol. The number of anilines is 1. The zero-order valence-corrected chi connectivity index (χ0v) is 5.65. The second-order valence-corrected chi connectivity index (χ2v) is 2.14. The van der Waals surface area contributed by atoms with Gasteiger partial charge in [0.1, 0.15) is 0 Å². The fourth-order valence-electron chi connectivity index (χ4n) is 0.631. The molecule has 0 saturated carbocycles. The number of nitrogens with two attached hydrogens (primary N) is 1. The van der Waals surface area contributed by atoms with Crippen LogP contribution < -0.4 is 5.73 Å². The Kier molecular flexibility index (Phi) is 0.916. The summed E-state index contributed by atoms with van der Waals surface area (Å²) < 4.78 is 14.9. The molecule has 9 heavy (non-hydrogen) atoms. The summed E-state index contributed by atoms with van der Waals surface area (Å²) in [5.74, 6) is 0. The summed E-state index contributed by atoms with van der Waals surface area (Å²) in [6.07, 6.45) is 0. The largest absolute Gasteiger partial charge is 0.399 e. The molecule has 0 aromatic heterocycles. The standard InChI is InChI=1S/C8H11N/c1-6-3-4-7(2)8(9)5-6/h3-5H,9H2,1-2H3/i3D,5D. The van der Waals surface area contributed by atoms with Gasteiger partial charge in [-0.05, 0) is 31.0 Å². The molecule has 1 aromatic rings. The number of hydrogen-bond donors (Lipinski definition) is 1. The molecular formula is C8H11N. The van der Waals surface area contributed by atoms with Crippen molar-refractivity contribution in [3.05, 3.63) is 29.3 Å². The van der Waals surface area contributed by atoms with E-state index in [1.54, 1.807) is 13.0 Å². The van der Waals surface area contributed by atoms with Crippen LogP contribution in [0.3, 0.4) is 0 Å². The van der Waals surface area contributed by atoms with Crippen LogP contribution in [-0.2, 0) is 0 Å². The lowest BCUT2D eigenvalue weighted by Crippen LogP contribution is -1.88. The smallest absolute Gasteiger partial charge is 0.0647 e. The third-order valence-corrected chi connectivity index (χ3v) is 1.25. The van der Waals surface area contributed by atoms with E-state index >= 15 is 0 Å². The van der Waals surface area contributed by atoms with Crippen LogP contribution in [0.25, 0.3) is 0 Å². The first-order valence-corrected chi connectivity index (χ1v) is 2.87. The molecule has 48 valence electrons. The molecule has 0 fully saturated rings. The van der Waals surface area contributed by atoms with Crippen molar-refractivity contribution in [2.24, 2.45) is 0 Å². The molecule has 1 rings (SSSR count). The van der Waals surface area contributed by atoms with Crippen LogP contribution in [0.1, 0.15) is 13.9 Å². The molecule has 0 saturated heterocycles. The SMILES string of the molecule is [2H]c1cc(C)c(N)c([2H])c1C. The first-order valence-electron chi connectivity index (χ1n) is 3.87. The summed E-state index contributed by atoms with van der Waals surface area (Å²) in [6, 6.07) is 2.36. The van der Waals surface area contributed by atoms with Crippen LogP contribution in [0, 0.1) is 13.8 Å². The van der Waals surface area contributed by atoms with Crippen molar-refractivity contribution < 1.29 is 2.74 Å². The number of aryl methyl sites for hydroxylation is 1. The topological polar surface area (TPSA) is 26.0 Å².